The highest BCUT2D eigenvalue weighted by Crippen LogP contribution is 2.34. The van der Waals surface area contributed by atoms with Crippen LogP contribution in [0.5, 0.6) is 0 Å². The van der Waals surface area contributed by atoms with Crippen molar-refractivity contribution in [3.63, 3.8) is 0 Å². The van der Waals surface area contributed by atoms with Gasteiger partial charge in [-0.2, -0.15) is 5.26 Å². The predicted octanol–water partition coefficient (Wildman–Crippen LogP) is 4.16. The van der Waals surface area contributed by atoms with Gasteiger partial charge in [0.25, 0.3) is 0 Å². The smallest absolute Gasteiger partial charge is 0.164 e. The molecule has 0 saturated heterocycles. The third-order valence-corrected chi connectivity index (χ3v) is 3.51. The topological polar surface area (TPSA) is 62.7 Å². The number of nitriles is 1. The summed E-state index contributed by atoms with van der Waals surface area (Å²) in [5.74, 6) is 0. The number of benzene rings is 1. The Hall–Kier alpha value is -1.47. The molecule has 0 amide bonds. The first-order valence-electron chi connectivity index (χ1n) is 4.84. The van der Waals surface area contributed by atoms with Gasteiger partial charge >= 0.3 is 0 Å². The number of nitrogens with zero attached hydrogens (tertiary/aromatic N) is 2. The van der Waals surface area contributed by atoms with Crippen molar-refractivity contribution in [3.8, 4) is 17.3 Å². The lowest BCUT2D eigenvalue weighted by Crippen LogP contribution is -1.95. The maximum Gasteiger partial charge on any atom is 0.164 e. The molecule has 0 spiro atoms. The van der Waals surface area contributed by atoms with Gasteiger partial charge in [-0.3, -0.25) is 0 Å². The molecule has 2 rings (SSSR count). The van der Waals surface area contributed by atoms with E-state index < -0.39 is 0 Å². The van der Waals surface area contributed by atoms with Gasteiger partial charge in [-0.15, -0.1) is 0 Å². The molecule has 0 bridgehead atoms. The van der Waals surface area contributed by atoms with Crippen molar-refractivity contribution in [2.75, 3.05) is 5.73 Å². The lowest BCUT2D eigenvalue weighted by atomic mass is 10.1. The average Bonchev–Trinajstić information content (AvgIpc) is 2.36. The molecule has 1 heterocycles. The van der Waals surface area contributed by atoms with Gasteiger partial charge in [-0.05, 0) is 24.3 Å². The first-order chi connectivity index (χ1) is 8.52. The summed E-state index contributed by atoms with van der Waals surface area (Å²) in [7, 11) is 0. The zero-order valence-corrected chi connectivity index (χ0v) is 11.2. The van der Waals surface area contributed by atoms with Crippen molar-refractivity contribution in [1.29, 1.82) is 5.26 Å². The van der Waals surface area contributed by atoms with Crippen LogP contribution >= 0.6 is 34.8 Å². The molecule has 6 heteroatoms. The molecule has 1 aromatic carbocycles. The molecule has 0 saturated carbocycles. The van der Waals surface area contributed by atoms with Gasteiger partial charge in [-0.25, -0.2) is 4.98 Å². The molecule has 0 aliphatic carbocycles. The highest BCUT2D eigenvalue weighted by atomic mass is 35.5. The zero-order chi connectivity index (χ0) is 13.3. The predicted molar refractivity (Wildman–Crippen MR) is 73.8 cm³/mol. The van der Waals surface area contributed by atoms with Crippen molar-refractivity contribution in [1.82, 2.24) is 4.98 Å². The number of pyridine rings is 1. The lowest BCUT2D eigenvalue weighted by Gasteiger charge is -2.06. The second-order valence-electron chi connectivity index (χ2n) is 3.50. The van der Waals surface area contributed by atoms with Gasteiger partial charge in [-0.1, -0.05) is 34.8 Å². The second kappa shape index (κ2) is 5.03. The van der Waals surface area contributed by atoms with Crippen LogP contribution in [0.25, 0.3) is 11.3 Å². The van der Waals surface area contributed by atoms with Crippen LogP contribution in [0, 0.1) is 11.3 Å². The Morgan fingerprint density at radius 3 is 2.28 bits per heavy atom. The maximum absolute atomic E-state index is 8.88. The molecule has 90 valence electrons. The maximum atomic E-state index is 8.88. The van der Waals surface area contributed by atoms with E-state index >= 15 is 0 Å². The summed E-state index contributed by atoms with van der Waals surface area (Å²) in [6.45, 7) is 0. The highest BCUT2D eigenvalue weighted by molar-refractivity contribution is 6.48. The Bertz CT molecular complexity index is 639. The Morgan fingerprint density at radius 1 is 1.11 bits per heavy atom. The van der Waals surface area contributed by atoms with Gasteiger partial charge in [0.15, 0.2) is 5.69 Å². The van der Waals surface area contributed by atoms with Crippen LogP contribution in [0.1, 0.15) is 5.69 Å². The molecule has 0 radical (unpaired) electrons. The summed E-state index contributed by atoms with van der Waals surface area (Å²) < 4.78 is 0. The van der Waals surface area contributed by atoms with Crippen LogP contribution in [-0.2, 0) is 0 Å². The first-order valence-corrected chi connectivity index (χ1v) is 5.98. The molecule has 0 atom stereocenters. The lowest BCUT2D eigenvalue weighted by molar-refractivity contribution is 1.27. The molecule has 0 unspecified atom stereocenters. The highest BCUT2D eigenvalue weighted by Gasteiger charge is 2.10. The van der Waals surface area contributed by atoms with E-state index in [1.165, 1.54) is 0 Å². The van der Waals surface area contributed by atoms with Crippen LogP contribution in [-0.4, -0.2) is 4.98 Å². The number of halogens is 3. The fourth-order valence-electron chi connectivity index (χ4n) is 1.42. The molecule has 0 aliphatic heterocycles. The van der Waals surface area contributed by atoms with E-state index in [4.69, 9.17) is 45.8 Å². The molecule has 18 heavy (non-hydrogen) atoms. The largest absolute Gasteiger partial charge is 0.396 e. The van der Waals surface area contributed by atoms with Crippen molar-refractivity contribution in [2.24, 2.45) is 0 Å². The summed E-state index contributed by atoms with van der Waals surface area (Å²) in [6, 6.07) is 8.48. The molecule has 1 aromatic heterocycles. The SMILES string of the molecule is N#Cc1nc(-c2cc(Cl)c(Cl)c(Cl)c2)ccc1N. The Kier molecular flexibility index (Phi) is 3.63. The van der Waals surface area contributed by atoms with Gasteiger partial charge in [0.1, 0.15) is 6.07 Å². The first kappa shape index (κ1) is 13.0. The van der Waals surface area contributed by atoms with Gasteiger partial charge in [0.2, 0.25) is 0 Å². The third kappa shape index (κ3) is 2.37. The molecular formula is C12H6Cl3N3. The van der Waals surface area contributed by atoms with Crippen molar-refractivity contribution in [2.45, 2.75) is 0 Å². The Balaban J connectivity index is 2.60. The van der Waals surface area contributed by atoms with E-state index in [1.807, 2.05) is 6.07 Å². The summed E-state index contributed by atoms with van der Waals surface area (Å²) in [5.41, 5.74) is 7.32. The number of hydrogen-bond donors (Lipinski definition) is 1. The van der Waals surface area contributed by atoms with Crippen LogP contribution < -0.4 is 5.73 Å². The molecule has 2 aromatic rings. The number of hydrogen-bond acceptors (Lipinski definition) is 3. The Morgan fingerprint density at radius 2 is 1.72 bits per heavy atom. The van der Waals surface area contributed by atoms with E-state index in [0.717, 1.165) is 0 Å². The number of nitrogen functional groups attached to an aromatic ring is 1. The minimum absolute atomic E-state index is 0.162. The summed E-state index contributed by atoms with van der Waals surface area (Å²) in [4.78, 5) is 4.13. The number of anilines is 1. The van der Waals surface area contributed by atoms with Crippen molar-refractivity contribution < 1.29 is 0 Å². The number of nitrogens with two attached hydrogens (primary N) is 1. The van der Waals surface area contributed by atoms with E-state index in [9.17, 15) is 0 Å². The van der Waals surface area contributed by atoms with E-state index in [2.05, 4.69) is 4.98 Å². The second-order valence-corrected chi connectivity index (χ2v) is 4.69. The van der Waals surface area contributed by atoms with Crippen LogP contribution in [0.4, 0.5) is 5.69 Å². The molecule has 0 fully saturated rings. The number of rotatable bonds is 1. The third-order valence-electron chi connectivity index (χ3n) is 2.31. The quantitative estimate of drug-likeness (QED) is 0.804. The van der Waals surface area contributed by atoms with Gasteiger partial charge in [0.05, 0.1) is 26.4 Å². The summed E-state index contributed by atoms with van der Waals surface area (Å²) in [6.07, 6.45) is 0. The monoisotopic (exact) mass is 297 g/mol. The minimum Gasteiger partial charge on any atom is -0.396 e. The van der Waals surface area contributed by atoms with Gasteiger partial charge in [0, 0.05) is 5.56 Å². The fourth-order valence-corrected chi connectivity index (χ4v) is 2.02. The fraction of sp³-hybridized carbons (Fsp3) is 0. The molecule has 2 N–H and O–H groups in total. The average molecular weight is 299 g/mol. The zero-order valence-electron chi connectivity index (χ0n) is 8.92. The van der Waals surface area contributed by atoms with Crippen LogP contribution in [0.15, 0.2) is 24.3 Å². The van der Waals surface area contributed by atoms with Crippen LogP contribution in [0.3, 0.4) is 0 Å². The molecule has 3 nitrogen and oxygen atoms in total. The van der Waals surface area contributed by atoms with E-state index in [0.29, 0.717) is 27.0 Å². The minimum atomic E-state index is 0.162. The normalized spacial score (nSPS) is 10.1. The van der Waals surface area contributed by atoms with Gasteiger partial charge < -0.3 is 5.73 Å². The summed E-state index contributed by atoms with van der Waals surface area (Å²) in [5, 5.41) is 9.83. The van der Waals surface area contributed by atoms with Crippen molar-refractivity contribution in [3.05, 3.63) is 45.0 Å². The van der Waals surface area contributed by atoms with E-state index in [-0.39, 0.29) is 10.7 Å². The molecule has 0 aliphatic rings. The summed E-state index contributed by atoms with van der Waals surface area (Å²) >= 11 is 17.7. The van der Waals surface area contributed by atoms with E-state index in [1.54, 1.807) is 24.3 Å². The van der Waals surface area contributed by atoms with Crippen molar-refractivity contribution >= 4 is 40.5 Å². The Labute approximate surface area is 119 Å². The number of aromatic nitrogens is 1. The standard InChI is InChI=1S/C12H6Cl3N3/c13-7-3-6(4-8(14)12(7)15)10-2-1-9(17)11(5-16)18-10/h1-4H,17H2. The molecular weight excluding hydrogens is 293 g/mol. The van der Waals surface area contributed by atoms with Crippen LogP contribution in [0.2, 0.25) is 15.1 Å².